The number of nitrogens with one attached hydrogen (secondary N) is 1. The van der Waals surface area contributed by atoms with Crippen LogP contribution in [0.15, 0.2) is 0 Å². The molecule has 0 unspecified atom stereocenters. The second-order valence-electron chi connectivity index (χ2n) is 5.98. The van der Waals surface area contributed by atoms with Crippen LogP contribution in [0.25, 0.3) is 0 Å². The van der Waals surface area contributed by atoms with E-state index in [1.54, 1.807) is 0 Å². The molecule has 6 nitrogen and oxygen atoms in total. The number of ether oxygens (including phenoxy) is 1. The SMILES string of the molecule is CC(C)(CCNCC(=O)N1CCOCC1)CCC(=O)O. The summed E-state index contributed by atoms with van der Waals surface area (Å²) < 4.78 is 5.20. The van der Waals surface area contributed by atoms with E-state index in [9.17, 15) is 9.59 Å². The van der Waals surface area contributed by atoms with E-state index in [4.69, 9.17) is 9.84 Å². The number of morpholine rings is 1. The molecule has 1 saturated heterocycles. The number of aliphatic carboxylic acids is 1. The monoisotopic (exact) mass is 286 g/mol. The predicted octanol–water partition coefficient (Wildman–Crippen LogP) is 0.716. The van der Waals surface area contributed by atoms with Gasteiger partial charge in [-0.1, -0.05) is 13.8 Å². The molecule has 1 fully saturated rings. The average molecular weight is 286 g/mol. The zero-order chi connectivity index (χ0) is 15.0. The van der Waals surface area contributed by atoms with Crippen LogP contribution in [0.1, 0.15) is 33.1 Å². The minimum Gasteiger partial charge on any atom is -0.481 e. The molecule has 0 aromatic heterocycles. The zero-order valence-electron chi connectivity index (χ0n) is 12.5. The number of hydrogen-bond donors (Lipinski definition) is 2. The van der Waals surface area contributed by atoms with Gasteiger partial charge in [-0.2, -0.15) is 0 Å². The van der Waals surface area contributed by atoms with Gasteiger partial charge in [0.1, 0.15) is 0 Å². The number of carbonyl (C=O) groups is 2. The lowest BCUT2D eigenvalue weighted by Gasteiger charge is -2.27. The lowest BCUT2D eigenvalue weighted by atomic mass is 9.84. The molecule has 0 bridgehead atoms. The molecule has 0 atom stereocenters. The topological polar surface area (TPSA) is 78.9 Å². The molecule has 0 radical (unpaired) electrons. The molecule has 1 amide bonds. The maximum absolute atomic E-state index is 11.9. The van der Waals surface area contributed by atoms with Crippen molar-refractivity contribution >= 4 is 11.9 Å². The summed E-state index contributed by atoms with van der Waals surface area (Å²) in [7, 11) is 0. The van der Waals surface area contributed by atoms with E-state index < -0.39 is 5.97 Å². The van der Waals surface area contributed by atoms with E-state index in [2.05, 4.69) is 19.2 Å². The highest BCUT2D eigenvalue weighted by molar-refractivity contribution is 5.78. The second-order valence-corrected chi connectivity index (χ2v) is 5.98. The summed E-state index contributed by atoms with van der Waals surface area (Å²) in [6.07, 6.45) is 1.71. The Morgan fingerprint density at radius 2 is 1.90 bits per heavy atom. The van der Waals surface area contributed by atoms with Crippen molar-refractivity contribution in [3.8, 4) is 0 Å². The van der Waals surface area contributed by atoms with Crippen LogP contribution < -0.4 is 5.32 Å². The van der Waals surface area contributed by atoms with E-state index in [0.717, 1.165) is 13.0 Å². The van der Waals surface area contributed by atoms with E-state index >= 15 is 0 Å². The molecule has 2 N–H and O–H groups in total. The molecule has 20 heavy (non-hydrogen) atoms. The predicted molar refractivity (Wildman–Crippen MR) is 75.5 cm³/mol. The van der Waals surface area contributed by atoms with Crippen LogP contribution >= 0.6 is 0 Å². The van der Waals surface area contributed by atoms with Crippen LogP contribution in [0.2, 0.25) is 0 Å². The van der Waals surface area contributed by atoms with Gasteiger partial charge in [0.15, 0.2) is 0 Å². The Kier molecular flexibility index (Phi) is 6.95. The van der Waals surface area contributed by atoms with Gasteiger partial charge in [-0.25, -0.2) is 0 Å². The number of nitrogens with zero attached hydrogens (tertiary/aromatic N) is 1. The van der Waals surface area contributed by atoms with Crippen molar-refractivity contribution in [3.63, 3.8) is 0 Å². The van der Waals surface area contributed by atoms with Gasteiger partial charge >= 0.3 is 5.97 Å². The first-order chi connectivity index (χ1) is 9.41. The van der Waals surface area contributed by atoms with Crippen molar-refractivity contribution in [3.05, 3.63) is 0 Å². The Morgan fingerprint density at radius 1 is 1.25 bits per heavy atom. The zero-order valence-corrected chi connectivity index (χ0v) is 12.5. The van der Waals surface area contributed by atoms with Gasteiger partial charge in [0.25, 0.3) is 0 Å². The van der Waals surface area contributed by atoms with E-state index in [-0.39, 0.29) is 17.7 Å². The van der Waals surface area contributed by atoms with Crippen LogP contribution in [0, 0.1) is 5.41 Å². The number of carboxylic acids is 1. The Morgan fingerprint density at radius 3 is 2.50 bits per heavy atom. The van der Waals surface area contributed by atoms with Crippen molar-refractivity contribution in [2.45, 2.75) is 33.1 Å². The molecule has 0 aliphatic carbocycles. The molecule has 0 spiro atoms. The fraction of sp³-hybridized carbons (Fsp3) is 0.857. The molecular weight excluding hydrogens is 260 g/mol. The molecule has 0 aromatic rings. The second kappa shape index (κ2) is 8.21. The Balaban J connectivity index is 2.13. The third-order valence-electron chi connectivity index (χ3n) is 3.63. The van der Waals surface area contributed by atoms with Gasteiger partial charge < -0.3 is 20.1 Å². The van der Waals surface area contributed by atoms with Gasteiger partial charge in [0.2, 0.25) is 5.91 Å². The molecule has 0 saturated carbocycles. The Hall–Kier alpha value is -1.14. The number of carbonyl (C=O) groups excluding carboxylic acids is 1. The largest absolute Gasteiger partial charge is 0.481 e. The first-order valence-corrected chi connectivity index (χ1v) is 7.19. The Bertz CT molecular complexity index is 325. The third-order valence-corrected chi connectivity index (χ3v) is 3.63. The number of amides is 1. The van der Waals surface area contributed by atoms with Crippen LogP contribution in [0.3, 0.4) is 0 Å². The quantitative estimate of drug-likeness (QED) is 0.643. The minimum absolute atomic E-state index is 0.0204. The first-order valence-electron chi connectivity index (χ1n) is 7.19. The van der Waals surface area contributed by atoms with Crippen LogP contribution in [-0.2, 0) is 14.3 Å². The van der Waals surface area contributed by atoms with Gasteiger partial charge in [0, 0.05) is 19.5 Å². The number of rotatable bonds is 8. The van der Waals surface area contributed by atoms with Crippen molar-refractivity contribution in [2.75, 3.05) is 39.4 Å². The summed E-state index contributed by atoms with van der Waals surface area (Å²) in [4.78, 5) is 24.2. The highest BCUT2D eigenvalue weighted by Gasteiger charge is 2.20. The average Bonchev–Trinajstić information content (AvgIpc) is 2.42. The van der Waals surface area contributed by atoms with Gasteiger partial charge in [0.05, 0.1) is 19.8 Å². The summed E-state index contributed by atoms with van der Waals surface area (Å²) in [6.45, 7) is 7.76. The van der Waals surface area contributed by atoms with E-state index in [1.165, 1.54) is 0 Å². The van der Waals surface area contributed by atoms with Gasteiger partial charge in [-0.05, 0) is 24.8 Å². The minimum atomic E-state index is -0.756. The molecule has 1 aliphatic heterocycles. The summed E-state index contributed by atoms with van der Waals surface area (Å²) in [5.74, 6) is -0.648. The smallest absolute Gasteiger partial charge is 0.303 e. The molecule has 1 heterocycles. The van der Waals surface area contributed by atoms with Crippen LogP contribution in [0.5, 0.6) is 0 Å². The summed E-state index contributed by atoms with van der Waals surface area (Å²) in [6, 6.07) is 0. The summed E-state index contributed by atoms with van der Waals surface area (Å²) >= 11 is 0. The standard InChI is InChI=1S/C14H26N2O4/c1-14(2,4-3-13(18)19)5-6-15-11-12(17)16-7-9-20-10-8-16/h15H,3-11H2,1-2H3,(H,18,19). The van der Waals surface area contributed by atoms with E-state index in [1.807, 2.05) is 4.90 Å². The molecule has 1 rings (SSSR count). The number of hydrogen-bond acceptors (Lipinski definition) is 4. The lowest BCUT2D eigenvalue weighted by molar-refractivity contribution is -0.137. The molecule has 116 valence electrons. The maximum Gasteiger partial charge on any atom is 0.303 e. The highest BCUT2D eigenvalue weighted by atomic mass is 16.5. The normalized spacial score (nSPS) is 16.2. The Labute approximate surface area is 120 Å². The fourth-order valence-corrected chi connectivity index (χ4v) is 2.12. The fourth-order valence-electron chi connectivity index (χ4n) is 2.12. The summed E-state index contributed by atoms with van der Waals surface area (Å²) in [5.41, 5.74) is -0.0204. The number of carboxylic acid groups (broad SMARTS) is 1. The van der Waals surface area contributed by atoms with Crippen molar-refractivity contribution in [2.24, 2.45) is 5.41 Å². The molecule has 0 aromatic carbocycles. The van der Waals surface area contributed by atoms with Crippen molar-refractivity contribution in [1.29, 1.82) is 0 Å². The van der Waals surface area contributed by atoms with Crippen LogP contribution in [0.4, 0.5) is 0 Å². The molecule has 1 aliphatic rings. The summed E-state index contributed by atoms with van der Waals surface area (Å²) in [5, 5.41) is 11.8. The van der Waals surface area contributed by atoms with E-state index in [0.29, 0.717) is 39.3 Å². The first kappa shape index (κ1) is 16.9. The van der Waals surface area contributed by atoms with Crippen molar-refractivity contribution in [1.82, 2.24) is 10.2 Å². The molecular formula is C14H26N2O4. The van der Waals surface area contributed by atoms with Gasteiger partial charge in [-0.15, -0.1) is 0 Å². The third kappa shape index (κ3) is 6.86. The molecule has 6 heteroatoms. The van der Waals surface area contributed by atoms with Crippen molar-refractivity contribution < 1.29 is 19.4 Å². The highest BCUT2D eigenvalue weighted by Crippen LogP contribution is 2.25. The van der Waals surface area contributed by atoms with Gasteiger partial charge in [-0.3, -0.25) is 9.59 Å². The maximum atomic E-state index is 11.9. The lowest BCUT2D eigenvalue weighted by Crippen LogP contribution is -2.45. The van der Waals surface area contributed by atoms with Crippen LogP contribution in [-0.4, -0.2) is 61.3 Å².